The molecule has 0 aliphatic heterocycles. The van der Waals surface area contributed by atoms with Gasteiger partial charge in [-0.1, -0.05) is 6.07 Å². The molecule has 0 aliphatic rings. The molecule has 0 amide bonds. The first kappa shape index (κ1) is 14.3. The molecule has 2 rings (SSSR count). The van der Waals surface area contributed by atoms with Crippen LogP contribution in [0.3, 0.4) is 0 Å². The van der Waals surface area contributed by atoms with Gasteiger partial charge in [-0.3, -0.25) is 0 Å². The van der Waals surface area contributed by atoms with Crippen molar-refractivity contribution in [2.75, 3.05) is 14.2 Å². The molecule has 2 aromatic carbocycles. The maximum Gasteiger partial charge on any atom is 0.132 e. The molecule has 0 aliphatic carbocycles. The molecule has 0 spiro atoms. The first-order valence-corrected chi connectivity index (χ1v) is 6.42. The number of ether oxygens (including phenoxy) is 2. The van der Waals surface area contributed by atoms with Crippen LogP contribution in [0.25, 0.3) is 0 Å². The summed E-state index contributed by atoms with van der Waals surface area (Å²) in [6.07, 6.45) is 0. The van der Waals surface area contributed by atoms with Gasteiger partial charge in [0, 0.05) is 17.7 Å². The van der Waals surface area contributed by atoms with Gasteiger partial charge in [0.1, 0.15) is 23.1 Å². The third kappa shape index (κ3) is 3.27. The molecule has 0 radical (unpaired) electrons. The summed E-state index contributed by atoms with van der Waals surface area (Å²) >= 11 is 0. The zero-order valence-electron chi connectivity index (χ0n) is 11.8. The van der Waals surface area contributed by atoms with Crippen LogP contribution in [0.2, 0.25) is 0 Å². The number of benzene rings is 2. The van der Waals surface area contributed by atoms with Gasteiger partial charge in [0.05, 0.1) is 7.11 Å². The van der Waals surface area contributed by atoms with Gasteiger partial charge in [-0.15, -0.1) is 0 Å². The van der Waals surface area contributed by atoms with E-state index in [1.807, 2.05) is 32.2 Å². The second kappa shape index (κ2) is 6.39. The fourth-order valence-electron chi connectivity index (χ4n) is 1.90. The predicted octanol–water partition coefficient (Wildman–Crippen LogP) is 3.91. The quantitative estimate of drug-likeness (QED) is 0.897. The molecule has 0 heterocycles. The predicted molar refractivity (Wildman–Crippen MR) is 76.9 cm³/mol. The summed E-state index contributed by atoms with van der Waals surface area (Å²) in [5.74, 6) is 1.72. The Morgan fingerprint density at radius 2 is 1.85 bits per heavy atom. The molecule has 0 fully saturated rings. The van der Waals surface area contributed by atoms with Crippen LogP contribution in [0.5, 0.6) is 17.2 Å². The fourth-order valence-corrected chi connectivity index (χ4v) is 1.90. The summed E-state index contributed by atoms with van der Waals surface area (Å²) < 4.78 is 24.4. The third-order valence-electron chi connectivity index (χ3n) is 3.14. The van der Waals surface area contributed by atoms with Crippen LogP contribution in [-0.4, -0.2) is 14.2 Å². The highest BCUT2D eigenvalue weighted by Gasteiger charge is 2.12. The molecule has 20 heavy (non-hydrogen) atoms. The Labute approximate surface area is 118 Å². The molecular formula is C16H18FNO2. The second-order valence-electron chi connectivity index (χ2n) is 4.47. The largest absolute Gasteiger partial charge is 0.497 e. The molecule has 1 unspecified atom stereocenters. The Kier molecular flexibility index (Phi) is 4.58. The van der Waals surface area contributed by atoms with E-state index in [0.717, 1.165) is 5.56 Å². The van der Waals surface area contributed by atoms with Crippen LogP contribution < -0.4 is 14.8 Å². The third-order valence-corrected chi connectivity index (χ3v) is 3.14. The number of nitrogens with one attached hydrogen (secondary N) is 1. The van der Waals surface area contributed by atoms with Crippen molar-refractivity contribution in [1.29, 1.82) is 0 Å². The summed E-state index contributed by atoms with van der Waals surface area (Å²) in [7, 11) is 3.43. The minimum Gasteiger partial charge on any atom is -0.497 e. The zero-order valence-corrected chi connectivity index (χ0v) is 11.8. The lowest BCUT2D eigenvalue weighted by Crippen LogP contribution is -2.13. The van der Waals surface area contributed by atoms with Crippen LogP contribution in [0.1, 0.15) is 18.5 Å². The number of hydrogen-bond donors (Lipinski definition) is 1. The van der Waals surface area contributed by atoms with Gasteiger partial charge in [0.2, 0.25) is 0 Å². The van der Waals surface area contributed by atoms with Crippen molar-refractivity contribution < 1.29 is 13.9 Å². The molecule has 0 bridgehead atoms. The molecule has 0 aromatic heterocycles. The lowest BCUT2D eigenvalue weighted by atomic mass is 10.1. The first-order chi connectivity index (χ1) is 9.63. The molecule has 0 saturated carbocycles. The van der Waals surface area contributed by atoms with Gasteiger partial charge in [-0.25, -0.2) is 4.39 Å². The van der Waals surface area contributed by atoms with Gasteiger partial charge in [0.15, 0.2) is 0 Å². The molecule has 2 aromatic rings. The van der Waals surface area contributed by atoms with Gasteiger partial charge >= 0.3 is 0 Å². The first-order valence-electron chi connectivity index (χ1n) is 6.42. The lowest BCUT2D eigenvalue weighted by Gasteiger charge is -2.16. The number of hydrogen-bond acceptors (Lipinski definition) is 3. The molecule has 0 saturated heterocycles. The lowest BCUT2D eigenvalue weighted by molar-refractivity contribution is 0.408. The van der Waals surface area contributed by atoms with E-state index in [9.17, 15) is 4.39 Å². The van der Waals surface area contributed by atoms with Crippen LogP contribution >= 0.6 is 0 Å². The Hall–Kier alpha value is -2.07. The molecule has 1 atom stereocenters. The van der Waals surface area contributed by atoms with Crippen LogP contribution in [0.15, 0.2) is 42.5 Å². The standard InChI is InChI=1S/C16H18FNO2/c1-11(18-2)15-9-12(17)7-8-16(15)20-14-6-4-5-13(10-14)19-3/h4-11,18H,1-3H3. The van der Waals surface area contributed by atoms with Crippen molar-refractivity contribution in [1.82, 2.24) is 5.32 Å². The van der Waals surface area contributed by atoms with E-state index in [-0.39, 0.29) is 11.9 Å². The summed E-state index contributed by atoms with van der Waals surface area (Å²) in [5, 5.41) is 3.09. The van der Waals surface area contributed by atoms with Crippen molar-refractivity contribution in [2.24, 2.45) is 0 Å². The maximum atomic E-state index is 13.4. The highest BCUT2D eigenvalue weighted by Crippen LogP contribution is 2.31. The Bertz CT molecular complexity index is 586. The van der Waals surface area contributed by atoms with Crippen molar-refractivity contribution in [2.45, 2.75) is 13.0 Å². The number of rotatable bonds is 5. The van der Waals surface area contributed by atoms with Crippen molar-refractivity contribution in [3.8, 4) is 17.2 Å². The maximum absolute atomic E-state index is 13.4. The molecule has 3 nitrogen and oxygen atoms in total. The molecule has 1 N–H and O–H groups in total. The normalized spacial score (nSPS) is 12.0. The minimum absolute atomic E-state index is 0.00805. The zero-order chi connectivity index (χ0) is 14.5. The number of methoxy groups -OCH3 is 1. The van der Waals surface area contributed by atoms with Crippen molar-refractivity contribution in [3.05, 3.63) is 53.8 Å². The Morgan fingerprint density at radius 1 is 1.10 bits per heavy atom. The average molecular weight is 275 g/mol. The Balaban J connectivity index is 2.32. The van der Waals surface area contributed by atoms with Gasteiger partial charge in [-0.05, 0) is 44.3 Å². The van der Waals surface area contributed by atoms with E-state index in [1.165, 1.54) is 12.1 Å². The van der Waals surface area contributed by atoms with Gasteiger partial charge < -0.3 is 14.8 Å². The van der Waals surface area contributed by atoms with E-state index >= 15 is 0 Å². The van der Waals surface area contributed by atoms with Crippen molar-refractivity contribution >= 4 is 0 Å². The smallest absolute Gasteiger partial charge is 0.132 e. The molecular weight excluding hydrogens is 257 g/mol. The minimum atomic E-state index is -0.278. The van der Waals surface area contributed by atoms with E-state index in [4.69, 9.17) is 9.47 Å². The van der Waals surface area contributed by atoms with Crippen molar-refractivity contribution in [3.63, 3.8) is 0 Å². The van der Waals surface area contributed by atoms with Gasteiger partial charge in [0.25, 0.3) is 0 Å². The second-order valence-corrected chi connectivity index (χ2v) is 4.47. The average Bonchev–Trinajstić information content (AvgIpc) is 2.48. The summed E-state index contributed by atoms with van der Waals surface area (Å²) in [6, 6.07) is 11.8. The van der Waals surface area contributed by atoms with Crippen LogP contribution in [0.4, 0.5) is 4.39 Å². The summed E-state index contributed by atoms with van der Waals surface area (Å²) in [4.78, 5) is 0. The van der Waals surface area contributed by atoms with E-state index in [1.54, 1.807) is 19.2 Å². The highest BCUT2D eigenvalue weighted by atomic mass is 19.1. The number of halogens is 1. The SMILES string of the molecule is CNC(C)c1cc(F)ccc1Oc1cccc(OC)c1. The summed E-state index contributed by atoms with van der Waals surface area (Å²) in [6.45, 7) is 1.95. The molecule has 106 valence electrons. The van der Waals surface area contributed by atoms with E-state index in [2.05, 4.69) is 5.32 Å². The van der Waals surface area contributed by atoms with Gasteiger partial charge in [-0.2, -0.15) is 0 Å². The van der Waals surface area contributed by atoms with Crippen LogP contribution in [0, 0.1) is 5.82 Å². The van der Waals surface area contributed by atoms with Crippen LogP contribution in [-0.2, 0) is 0 Å². The fraction of sp³-hybridized carbons (Fsp3) is 0.250. The Morgan fingerprint density at radius 3 is 2.55 bits per heavy atom. The monoisotopic (exact) mass is 275 g/mol. The molecule has 4 heteroatoms. The summed E-state index contributed by atoms with van der Waals surface area (Å²) in [5.41, 5.74) is 0.773. The van der Waals surface area contributed by atoms with E-state index < -0.39 is 0 Å². The highest BCUT2D eigenvalue weighted by molar-refractivity contribution is 5.41. The van der Waals surface area contributed by atoms with E-state index in [0.29, 0.717) is 17.2 Å². The topological polar surface area (TPSA) is 30.5 Å².